The fourth-order valence-electron chi connectivity index (χ4n) is 3.58. The third kappa shape index (κ3) is 6.22. The predicted octanol–water partition coefficient (Wildman–Crippen LogP) is 4.36. The molecule has 0 aliphatic heterocycles. The molecule has 1 aliphatic carbocycles. The van der Waals surface area contributed by atoms with E-state index in [2.05, 4.69) is 15.2 Å². The largest absolute Gasteiger partial charge is 0.573 e. The summed E-state index contributed by atoms with van der Waals surface area (Å²) in [5.41, 5.74) is 0.409. The lowest BCUT2D eigenvalue weighted by Gasteiger charge is -2.19. The Kier molecular flexibility index (Phi) is 6.79. The second-order valence-electron chi connectivity index (χ2n) is 7.29. The molecule has 29 heavy (non-hydrogen) atoms. The average molecular weight is 410 g/mol. The van der Waals surface area contributed by atoms with Crippen LogP contribution < -0.4 is 10.1 Å². The molecule has 1 heterocycles. The van der Waals surface area contributed by atoms with E-state index < -0.39 is 6.36 Å². The molecule has 0 unspecified atom stereocenters. The number of amides is 1. The Labute approximate surface area is 167 Å². The van der Waals surface area contributed by atoms with E-state index in [-0.39, 0.29) is 24.6 Å². The van der Waals surface area contributed by atoms with Crippen molar-refractivity contribution in [2.24, 2.45) is 0 Å². The molecule has 0 spiro atoms. The molecule has 0 bridgehead atoms. The molecule has 1 aromatic carbocycles. The van der Waals surface area contributed by atoms with Crippen LogP contribution in [0.3, 0.4) is 0 Å². The monoisotopic (exact) mass is 410 g/mol. The molecule has 1 fully saturated rings. The Morgan fingerprint density at radius 3 is 2.72 bits per heavy atom. The molecule has 2 aromatic rings. The summed E-state index contributed by atoms with van der Waals surface area (Å²) in [5.74, 6) is 0.307. The number of hydrogen-bond donors (Lipinski definition) is 1. The standard InChI is InChI=1S/C20H25F3N4O2/c1-26(14-15-6-2-5-9-17(15)29-20(21,22)23)13-11-19(28)25-18-10-12-24-27(18)16-7-3-4-8-16/h2,5-6,9-10,12,16H,3-4,7-8,11,13-14H2,1H3,(H,25,28). The molecule has 158 valence electrons. The van der Waals surface area contributed by atoms with E-state index in [0.29, 0.717) is 24.0 Å². The number of carbonyl (C=O) groups excluding carboxylic acids is 1. The highest BCUT2D eigenvalue weighted by Crippen LogP contribution is 2.31. The molecule has 1 N–H and O–H groups in total. The highest BCUT2D eigenvalue weighted by Gasteiger charge is 2.32. The summed E-state index contributed by atoms with van der Waals surface area (Å²) in [6.07, 6.45) is 1.62. The number of alkyl halides is 3. The van der Waals surface area contributed by atoms with Gasteiger partial charge in [0.15, 0.2) is 0 Å². The quantitative estimate of drug-likeness (QED) is 0.703. The van der Waals surface area contributed by atoms with Gasteiger partial charge in [0.1, 0.15) is 11.6 Å². The number of nitrogens with one attached hydrogen (secondary N) is 1. The van der Waals surface area contributed by atoms with Crippen LogP contribution in [-0.2, 0) is 11.3 Å². The molecular weight excluding hydrogens is 385 g/mol. The number of para-hydroxylation sites is 1. The number of nitrogens with zero attached hydrogens (tertiary/aromatic N) is 3. The van der Waals surface area contributed by atoms with Crippen LogP contribution in [0.1, 0.15) is 43.7 Å². The summed E-state index contributed by atoms with van der Waals surface area (Å²) in [7, 11) is 1.75. The van der Waals surface area contributed by atoms with Gasteiger partial charge in [-0.25, -0.2) is 4.68 Å². The Morgan fingerprint density at radius 2 is 2.00 bits per heavy atom. The molecule has 1 aliphatic rings. The van der Waals surface area contributed by atoms with Crippen molar-refractivity contribution >= 4 is 11.7 Å². The number of anilines is 1. The molecule has 0 radical (unpaired) electrons. The molecule has 3 rings (SSSR count). The van der Waals surface area contributed by atoms with E-state index in [4.69, 9.17) is 0 Å². The van der Waals surface area contributed by atoms with Gasteiger partial charge in [0.05, 0.1) is 12.2 Å². The minimum absolute atomic E-state index is 0.156. The molecule has 0 atom stereocenters. The predicted molar refractivity (Wildman–Crippen MR) is 102 cm³/mol. The van der Waals surface area contributed by atoms with Gasteiger partial charge >= 0.3 is 6.36 Å². The third-order valence-electron chi connectivity index (χ3n) is 4.97. The first kappa shape index (κ1) is 21.2. The van der Waals surface area contributed by atoms with Crippen LogP contribution in [0.15, 0.2) is 36.5 Å². The lowest BCUT2D eigenvalue weighted by molar-refractivity contribution is -0.275. The Balaban J connectivity index is 1.51. The average Bonchev–Trinajstić information content (AvgIpc) is 3.32. The highest BCUT2D eigenvalue weighted by molar-refractivity contribution is 5.89. The molecule has 1 aromatic heterocycles. The summed E-state index contributed by atoms with van der Waals surface area (Å²) in [4.78, 5) is 14.1. The first-order valence-corrected chi connectivity index (χ1v) is 9.67. The summed E-state index contributed by atoms with van der Waals surface area (Å²) in [6, 6.07) is 8.12. The van der Waals surface area contributed by atoms with Crippen LogP contribution in [-0.4, -0.2) is 40.5 Å². The summed E-state index contributed by atoms with van der Waals surface area (Å²) in [5, 5.41) is 7.22. The Morgan fingerprint density at radius 1 is 1.28 bits per heavy atom. The van der Waals surface area contributed by atoms with Gasteiger partial charge in [0.2, 0.25) is 5.91 Å². The molecule has 9 heteroatoms. The van der Waals surface area contributed by atoms with E-state index in [1.54, 1.807) is 36.3 Å². The number of carbonyl (C=O) groups is 1. The summed E-state index contributed by atoms with van der Waals surface area (Å²) < 4.78 is 43.6. The van der Waals surface area contributed by atoms with E-state index in [9.17, 15) is 18.0 Å². The molecule has 1 amide bonds. The maximum absolute atomic E-state index is 12.5. The van der Waals surface area contributed by atoms with Crippen LogP contribution in [0.4, 0.5) is 19.0 Å². The third-order valence-corrected chi connectivity index (χ3v) is 4.97. The van der Waals surface area contributed by atoms with Crippen molar-refractivity contribution in [1.82, 2.24) is 14.7 Å². The van der Waals surface area contributed by atoms with Gasteiger partial charge in [-0.15, -0.1) is 13.2 Å². The molecule has 0 saturated heterocycles. The minimum Gasteiger partial charge on any atom is -0.405 e. The van der Waals surface area contributed by atoms with Crippen LogP contribution in [0.25, 0.3) is 0 Å². The molecule has 6 nitrogen and oxygen atoms in total. The van der Waals surface area contributed by atoms with Crippen molar-refractivity contribution in [3.05, 3.63) is 42.1 Å². The van der Waals surface area contributed by atoms with Crippen molar-refractivity contribution in [3.63, 3.8) is 0 Å². The van der Waals surface area contributed by atoms with Crippen molar-refractivity contribution in [1.29, 1.82) is 0 Å². The molecular formula is C20H25F3N4O2. The first-order valence-electron chi connectivity index (χ1n) is 9.67. The van der Waals surface area contributed by atoms with E-state index in [0.717, 1.165) is 12.8 Å². The topological polar surface area (TPSA) is 59.4 Å². The number of rotatable bonds is 8. The lowest BCUT2D eigenvalue weighted by atomic mass is 10.2. The van der Waals surface area contributed by atoms with E-state index in [1.165, 1.54) is 25.0 Å². The number of ether oxygens (including phenoxy) is 1. The van der Waals surface area contributed by atoms with Gasteiger partial charge in [-0.1, -0.05) is 31.0 Å². The van der Waals surface area contributed by atoms with Gasteiger partial charge in [-0.2, -0.15) is 5.10 Å². The second-order valence-corrected chi connectivity index (χ2v) is 7.29. The van der Waals surface area contributed by atoms with Gasteiger partial charge in [-0.05, 0) is 26.0 Å². The maximum atomic E-state index is 12.5. The minimum atomic E-state index is -4.74. The first-order chi connectivity index (χ1) is 13.8. The zero-order valence-corrected chi connectivity index (χ0v) is 16.3. The Hall–Kier alpha value is -2.55. The van der Waals surface area contributed by atoms with Crippen LogP contribution in [0.5, 0.6) is 5.75 Å². The number of benzene rings is 1. The number of hydrogen-bond acceptors (Lipinski definition) is 4. The van der Waals surface area contributed by atoms with Crippen molar-refractivity contribution < 1.29 is 22.7 Å². The van der Waals surface area contributed by atoms with E-state index >= 15 is 0 Å². The van der Waals surface area contributed by atoms with E-state index in [1.807, 2.05) is 4.68 Å². The SMILES string of the molecule is CN(CCC(=O)Nc1ccnn1C1CCCC1)Cc1ccccc1OC(F)(F)F. The van der Waals surface area contributed by atoms with Crippen LogP contribution in [0.2, 0.25) is 0 Å². The fraction of sp³-hybridized carbons (Fsp3) is 0.500. The van der Waals surface area contributed by atoms with Crippen molar-refractivity contribution in [2.75, 3.05) is 18.9 Å². The van der Waals surface area contributed by atoms with Gasteiger partial charge in [0, 0.05) is 31.1 Å². The smallest absolute Gasteiger partial charge is 0.405 e. The summed E-state index contributed by atoms with van der Waals surface area (Å²) >= 11 is 0. The zero-order valence-electron chi connectivity index (χ0n) is 16.3. The van der Waals surface area contributed by atoms with Crippen LogP contribution in [0, 0.1) is 0 Å². The summed E-state index contributed by atoms with van der Waals surface area (Å²) in [6.45, 7) is 0.628. The van der Waals surface area contributed by atoms with Gasteiger partial charge < -0.3 is 15.0 Å². The van der Waals surface area contributed by atoms with Crippen molar-refractivity contribution in [3.8, 4) is 5.75 Å². The highest BCUT2D eigenvalue weighted by atomic mass is 19.4. The molecule has 1 saturated carbocycles. The normalized spacial score (nSPS) is 15.1. The Bertz CT molecular complexity index is 816. The lowest BCUT2D eigenvalue weighted by Crippen LogP contribution is -2.26. The number of halogens is 3. The van der Waals surface area contributed by atoms with Crippen LogP contribution >= 0.6 is 0 Å². The fourth-order valence-corrected chi connectivity index (χ4v) is 3.58. The second kappa shape index (κ2) is 9.30. The van der Waals surface area contributed by atoms with Gasteiger partial charge in [-0.3, -0.25) is 4.79 Å². The van der Waals surface area contributed by atoms with Crippen molar-refractivity contribution in [2.45, 2.75) is 51.1 Å². The zero-order chi connectivity index (χ0) is 20.9. The number of aromatic nitrogens is 2. The van der Waals surface area contributed by atoms with Gasteiger partial charge in [0.25, 0.3) is 0 Å². The maximum Gasteiger partial charge on any atom is 0.573 e.